The van der Waals surface area contributed by atoms with Crippen LogP contribution in [0.15, 0.2) is 48.5 Å². The topological polar surface area (TPSA) is 103 Å². The van der Waals surface area contributed by atoms with Crippen LogP contribution in [0, 0.1) is 11.3 Å². The maximum atomic E-state index is 11.1. The third kappa shape index (κ3) is 4.05. The molecule has 0 bridgehead atoms. The molecule has 1 aliphatic heterocycles. The zero-order valence-corrected chi connectivity index (χ0v) is 14.2. The van der Waals surface area contributed by atoms with E-state index in [1.54, 1.807) is 24.3 Å². The highest BCUT2D eigenvalue weighted by atomic mass is 16.5. The first-order chi connectivity index (χ1) is 12.6. The minimum absolute atomic E-state index is 0.248. The third-order valence-electron chi connectivity index (χ3n) is 4.44. The molecule has 1 heterocycles. The number of nitrogens with two attached hydrogens (primary N) is 1. The summed E-state index contributed by atoms with van der Waals surface area (Å²) < 4.78 is 5.85. The van der Waals surface area contributed by atoms with Crippen LogP contribution in [0.1, 0.15) is 18.4 Å². The molecule has 3 rings (SSSR count). The van der Waals surface area contributed by atoms with Crippen molar-refractivity contribution >= 4 is 11.7 Å². The summed E-state index contributed by atoms with van der Waals surface area (Å²) in [5.41, 5.74) is 6.71. The molecule has 1 aliphatic rings. The summed E-state index contributed by atoms with van der Waals surface area (Å²) in [6.07, 6.45) is 1.28. The fraction of sp³-hybridized carbons (Fsp3) is 0.263. The molecular formula is C19H20N4O3. The van der Waals surface area contributed by atoms with Crippen LogP contribution in [0.3, 0.4) is 0 Å². The van der Waals surface area contributed by atoms with Gasteiger partial charge in [0.25, 0.3) is 0 Å². The lowest BCUT2D eigenvalue weighted by Gasteiger charge is -2.36. The van der Waals surface area contributed by atoms with E-state index >= 15 is 0 Å². The number of anilines is 1. The highest BCUT2D eigenvalue weighted by Gasteiger charge is 2.26. The van der Waals surface area contributed by atoms with Crippen molar-refractivity contribution < 1.29 is 14.7 Å². The lowest BCUT2D eigenvalue weighted by molar-refractivity contribution is -0.0806. The molecule has 1 saturated heterocycles. The Labute approximate surface area is 151 Å². The highest BCUT2D eigenvalue weighted by Crippen LogP contribution is 2.28. The quantitative estimate of drug-likeness (QED) is 0.650. The van der Waals surface area contributed by atoms with Gasteiger partial charge in [0.1, 0.15) is 11.5 Å². The normalized spacial score (nSPS) is 14.5. The SMILES string of the molecule is N#Cc1ccc(Oc2cccc(N3CCC(N(O)C(N)=O)CC3)c2)cc1. The largest absolute Gasteiger partial charge is 0.457 e. The van der Waals surface area contributed by atoms with E-state index in [4.69, 9.17) is 15.7 Å². The third-order valence-corrected chi connectivity index (χ3v) is 4.44. The van der Waals surface area contributed by atoms with E-state index in [0.29, 0.717) is 48.1 Å². The molecule has 0 aromatic heterocycles. The van der Waals surface area contributed by atoms with Crippen molar-refractivity contribution in [1.29, 1.82) is 5.26 Å². The van der Waals surface area contributed by atoms with Gasteiger partial charge in [-0.15, -0.1) is 0 Å². The van der Waals surface area contributed by atoms with Crippen molar-refractivity contribution in [1.82, 2.24) is 5.06 Å². The lowest BCUT2D eigenvalue weighted by Crippen LogP contribution is -2.47. The van der Waals surface area contributed by atoms with Crippen LogP contribution < -0.4 is 15.4 Å². The second-order valence-corrected chi connectivity index (χ2v) is 6.14. The smallest absolute Gasteiger partial charge is 0.338 e. The minimum Gasteiger partial charge on any atom is -0.457 e. The predicted octanol–water partition coefficient (Wildman–Crippen LogP) is 3.09. The van der Waals surface area contributed by atoms with Gasteiger partial charge in [-0.3, -0.25) is 5.21 Å². The Morgan fingerprint density at radius 2 is 1.88 bits per heavy atom. The molecule has 2 aromatic carbocycles. The number of piperidine rings is 1. The Morgan fingerprint density at radius 1 is 1.19 bits per heavy atom. The van der Waals surface area contributed by atoms with Gasteiger partial charge < -0.3 is 15.4 Å². The van der Waals surface area contributed by atoms with Crippen molar-refractivity contribution in [2.24, 2.45) is 5.73 Å². The molecule has 7 nitrogen and oxygen atoms in total. The molecule has 0 saturated carbocycles. The van der Waals surface area contributed by atoms with E-state index in [9.17, 15) is 10.0 Å². The molecule has 26 heavy (non-hydrogen) atoms. The first-order valence-corrected chi connectivity index (χ1v) is 8.37. The molecule has 2 amide bonds. The van der Waals surface area contributed by atoms with Crippen LogP contribution in [0.2, 0.25) is 0 Å². The number of nitrogens with zero attached hydrogens (tertiary/aromatic N) is 3. The zero-order chi connectivity index (χ0) is 18.5. The monoisotopic (exact) mass is 352 g/mol. The van der Waals surface area contributed by atoms with Crippen LogP contribution in [0.5, 0.6) is 11.5 Å². The number of amides is 2. The number of hydrogen-bond acceptors (Lipinski definition) is 5. The molecule has 3 N–H and O–H groups in total. The van der Waals surface area contributed by atoms with Gasteiger partial charge in [0.15, 0.2) is 0 Å². The maximum Gasteiger partial charge on any atom is 0.338 e. The standard InChI is InChI=1S/C19H20N4O3/c20-13-14-4-6-17(7-5-14)26-18-3-1-2-16(12-18)22-10-8-15(9-11-22)23(25)19(21)24/h1-7,12,15,25H,8-11H2,(H2,21,24). The predicted molar refractivity (Wildman–Crippen MR) is 96.1 cm³/mol. The van der Waals surface area contributed by atoms with Crippen LogP contribution in [-0.4, -0.2) is 35.4 Å². The number of primary amides is 1. The summed E-state index contributed by atoms with van der Waals surface area (Å²) in [6, 6.07) is 15.7. The summed E-state index contributed by atoms with van der Waals surface area (Å²) in [6.45, 7) is 1.41. The first kappa shape index (κ1) is 17.6. The van der Waals surface area contributed by atoms with Crippen LogP contribution in [0.4, 0.5) is 10.5 Å². The Balaban J connectivity index is 1.64. The Kier molecular flexibility index (Phi) is 5.25. The van der Waals surface area contributed by atoms with Crippen molar-refractivity contribution in [3.63, 3.8) is 0 Å². The molecular weight excluding hydrogens is 332 g/mol. The number of hydrogen-bond donors (Lipinski definition) is 2. The lowest BCUT2D eigenvalue weighted by atomic mass is 10.0. The van der Waals surface area contributed by atoms with Crippen molar-refractivity contribution in [2.45, 2.75) is 18.9 Å². The Bertz CT molecular complexity index is 808. The molecule has 1 fully saturated rings. The zero-order valence-electron chi connectivity index (χ0n) is 14.2. The second kappa shape index (κ2) is 7.76. The number of benzene rings is 2. The summed E-state index contributed by atoms with van der Waals surface area (Å²) >= 11 is 0. The van der Waals surface area contributed by atoms with E-state index in [0.717, 1.165) is 5.69 Å². The van der Waals surface area contributed by atoms with Gasteiger partial charge in [0, 0.05) is 24.8 Å². The van der Waals surface area contributed by atoms with Crippen LogP contribution in [-0.2, 0) is 0 Å². The van der Waals surface area contributed by atoms with E-state index in [1.807, 2.05) is 24.3 Å². The van der Waals surface area contributed by atoms with Crippen molar-refractivity contribution in [2.75, 3.05) is 18.0 Å². The maximum absolute atomic E-state index is 11.1. The van der Waals surface area contributed by atoms with Gasteiger partial charge in [0.05, 0.1) is 17.7 Å². The van der Waals surface area contributed by atoms with Crippen LogP contribution in [0.25, 0.3) is 0 Å². The van der Waals surface area contributed by atoms with Gasteiger partial charge in [-0.2, -0.15) is 5.26 Å². The average Bonchev–Trinajstić information content (AvgIpc) is 2.68. The summed E-state index contributed by atoms with van der Waals surface area (Å²) in [7, 11) is 0. The second-order valence-electron chi connectivity index (χ2n) is 6.14. The van der Waals surface area contributed by atoms with Gasteiger partial charge in [-0.1, -0.05) is 6.07 Å². The number of hydroxylamine groups is 2. The van der Waals surface area contributed by atoms with E-state index in [-0.39, 0.29) is 6.04 Å². The number of carbonyl (C=O) groups excluding carboxylic acids is 1. The highest BCUT2D eigenvalue weighted by molar-refractivity contribution is 5.71. The molecule has 7 heteroatoms. The fourth-order valence-corrected chi connectivity index (χ4v) is 3.03. The Morgan fingerprint density at radius 3 is 2.50 bits per heavy atom. The van der Waals surface area contributed by atoms with Gasteiger partial charge in [-0.05, 0) is 49.2 Å². The van der Waals surface area contributed by atoms with E-state index < -0.39 is 6.03 Å². The number of ether oxygens (including phenoxy) is 1. The molecule has 2 aromatic rings. The van der Waals surface area contributed by atoms with Crippen molar-refractivity contribution in [3.05, 3.63) is 54.1 Å². The first-order valence-electron chi connectivity index (χ1n) is 8.37. The summed E-state index contributed by atoms with van der Waals surface area (Å²) in [5, 5.41) is 19.1. The average molecular weight is 352 g/mol. The van der Waals surface area contributed by atoms with Gasteiger partial charge >= 0.3 is 6.03 Å². The summed E-state index contributed by atoms with van der Waals surface area (Å²) in [5.74, 6) is 1.37. The van der Waals surface area contributed by atoms with Crippen LogP contribution >= 0.6 is 0 Å². The molecule has 0 aliphatic carbocycles. The minimum atomic E-state index is -0.818. The van der Waals surface area contributed by atoms with E-state index in [2.05, 4.69) is 11.0 Å². The van der Waals surface area contributed by atoms with Gasteiger partial charge in [0.2, 0.25) is 0 Å². The van der Waals surface area contributed by atoms with Gasteiger partial charge in [-0.25, -0.2) is 9.86 Å². The molecule has 0 unspecified atom stereocenters. The number of rotatable bonds is 4. The van der Waals surface area contributed by atoms with Crippen molar-refractivity contribution in [3.8, 4) is 17.6 Å². The molecule has 0 spiro atoms. The number of urea groups is 1. The molecule has 0 atom stereocenters. The number of nitriles is 1. The fourth-order valence-electron chi connectivity index (χ4n) is 3.03. The molecule has 0 radical (unpaired) electrons. The molecule has 134 valence electrons. The summed E-state index contributed by atoms with van der Waals surface area (Å²) in [4.78, 5) is 13.2. The Hall–Kier alpha value is -3.24. The number of carbonyl (C=O) groups is 1. The van der Waals surface area contributed by atoms with E-state index in [1.165, 1.54) is 0 Å².